The van der Waals surface area contributed by atoms with E-state index in [0.717, 1.165) is 17.0 Å². The second-order valence-electron chi connectivity index (χ2n) is 5.40. The van der Waals surface area contributed by atoms with Gasteiger partial charge in [-0.25, -0.2) is 4.98 Å². The van der Waals surface area contributed by atoms with E-state index in [-0.39, 0.29) is 0 Å². The van der Waals surface area contributed by atoms with Crippen LogP contribution in [0.2, 0.25) is 0 Å². The van der Waals surface area contributed by atoms with Crippen LogP contribution in [0.3, 0.4) is 0 Å². The van der Waals surface area contributed by atoms with Gasteiger partial charge in [0.15, 0.2) is 5.96 Å². The molecule has 0 unspecified atom stereocenters. The third-order valence-corrected chi connectivity index (χ3v) is 3.53. The number of aromatic nitrogens is 2. The highest BCUT2D eigenvalue weighted by atomic mass is 16.5. The summed E-state index contributed by atoms with van der Waals surface area (Å²) >= 11 is 0. The lowest BCUT2D eigenvalue weighted by atomic mass is 10.2. The topological polar surface area (TPSA) is 84.6 Å². The van der Waals surface area contributed by atoms with E-state index in [1.807, 2.05) is 42.5 Å². The van der Waals surface area contributed by atoms with Crippen LogP contribution in [0.4, 0.5) is 0 Å². The molecule has 3 rings (SSSR count). The molecule has 7 nitrogen and oxygen atoms in total. The molecule has 0 saturated heterocycles. The number of hydrogen-bond acceptors (Lipinski definition) is 5. The number of pyridine rings is 1. The van der Waals surface area contributed by atoms with E-state index in [4.69, 9.17) is 9.15 Å². The molecule has 7 heteroatoms. The number of hydrogen-bond donors (Lipinski definition) is 2. The Balaban J connectivity index is 1.42. The number of benzene rings is 1. The molecule has 0 spiro atoms. The second kappa shape index (κ2) is 9.22. The number of ether oxygens (including phenoxy) is 1. The Kier molecular flexibility index (Phi) is 6.19. The maximum absolute atomic E-state index is 5.58. The minimum Gasteiger partial charge on any atom is -0.490 e. The highest BCUT2D eigenvalue weighted by Crippen LogP contribution is 2.17. The largest absolute Gasteiger partial charge is 0.490 e. The number of oxazole rings is 1. The first-order chi connectivity index (χ1) is 12.8. The summed E-state index contributed by atoms with van der Waals surface area (Å²) < 4.78 is 11.1. The van der Waals surface area contributed by atoms with Crippen molar-refractivity contribution in [1.29, 1.82) is 0 Å². The lowest BCUT2D eigenvalue weighted by Gasteiger charge is -2.11. The van der Waals surface area contributed by atoms with Crippen molar-refractivity contribution < 1.29 is 9.15 Å². The van der Waals surface area contributed by atoms with Crippen LogP contribution < -0.4 is 15.4 Å². The van der Waals surface area contributed by atoms with E-state index in [2.05, 4.69) is 25.6 Å². The van der Waals surface area contributed by atoms with Crippen molar-refractivity contribution in [3.63, 3.8) is 0 Å². The minimum atomic E-state index is 0.508. The molecule has 0 saturated carbocycles. The van der Waals surface area contributed by atoms with Crippen LogP contribution in [-0.4, -0.2) is 36.1 Å². The van der Waals surface area contributed by atoms with Crippen molar-refractivity contribution in [2.45, 2.75) is 6.54 Å². The van der Waals surface area contributed by atoms with Crippen LogP contribution in [0.25, 0.3) is 11.5 Å². The molecule has 3 aromatic rings. The Bertz CT molecular complexity index is 818. The average molecular weight is 351 g/mol. The fourth-order valence-electron chi connectivity index (χ4n) is 2.27. The van der Waals surface area contributed by atoms with Gasteiger partial charge in [0.05, 0.1) is 25.0 Å². The SMILES string of the molecule is CN=C(NCCOc1cccnc1)NCc1coc(-c2ccccc2)n1. The van der Waals surface area contributed by atoms with Gasteiger partial charge in [-0.05, 0) is 24.3 Å². The van der Waals surface area contributed by atoms with Gasteiger partial charge in [0.2, 0.25) is 5.89 Å². The molecule has 0 aliphatic rings. The van der Waals surface area contributed by atoms with E-state index in [0.29, 0.717) is 31.5 Å². The normalized spacial score (nSPS) is 11.2. The fraction of sp³-hybridized carbons (Fsp3) is 0.211. The monoisotopic (exact) mass is 351 g/mol. The van der Waals surface area contributed by atoms with Crippen LogP contribution in [-0.2, 0) is 6.54 Å². The van der Waals surface area contributed by atoms with Crippen LogP contribution in [0.15, 0.2) is 70.5 Å². The zero-order chi connectivity index (χ0) is 18.0. The van der Waals surface area contributed by atoms with Gasteiger partial charge in [-0.3, -0.25) is 9.98 Å². The first-order valence-electron chi connectivity index (χ1n) is 8.32. The first-order valence-corrected chi connectivity index (χ1v) is 8.32. The van der Waals surface area contributed by atoms with Gasteiger partial charge < -0.3 is 19.8 Å². The summed E-state index contributed by atoms with van der Waals surface area (Å²) in [5.41, 5.74) is 1.76. The molecule has 26 heavy (non-hydrogen) atoms. The van der Waals surface area contributed by atoms with Gasteiger partial charge in [-0.15, -0.1) is 0 Å². The number of rotatable bonds is 7. The zero-order valence-corrected chi connectivity index (χ0v) is 14.6. The number of nitrogens with zero attached hydrogens (tertiary/aromatic N) is 3. The Hall–Kier alpha value is -3.35. The number of nitrogens with one attached hydrogen (secondary N) is 2. The maximum Gasteiger partial charge on any atom is 0.226 e. The fourth-order valence-corrected chi connectivity index (χ4v) is 2.27. The molecule has 0 aliphatic carbocycles. The zero-order valence-electron chi connectivity index (χ0n) is 14.6. The molecule has 134 valence electrons. The first kappa shape index (κ1) is 17.5. The molecule has 0 radical (unpaired) electrons. The van der Waals surface area contributed by atoms with Crippen molar-refractivity contribution in [1.82, 2.24) is 20.6 Å². The molecule has 0 bridgehead atoms. The Labute approximate surface area is 152 Å². The maximum atomic E-state index is 5.58. The third-order valence-electron chi connectivity index (χ3n) is 3.53. The molecule has 0 atom stereocenters. The van der Waals surface area contributed by atoms with Crippen LogP contribution in [0.5, 0.6) is 5.75 Å². The molecule has 0 aliphatic heterocycles. The molecule has 0 amide bonds. The van der Waals surface area contributed by atoms with Crippen molar-refractivity contribution in [2.24, 2.45) is 4.99 Å². The predicted octanol–water partition coefficient (Wildman–Crippen LogP) is 2.48. The summed E-state index contributed by atoms with van der Waals surface area (Å²) in [6, 6.07) is 13.5. The lowest BCUT2D eigenvalue weighted by molar-refractivity contribution is 0.320. The summed E-state index contributed by atoms with van der Waals surface area (Å²) in [5.74, 6) is 2.02. The minimum absolute atomic E-state index is 0.508. The van der Waals surface area contributed by atoms with E-state index in [9.17, 15) is 0 Å². The molecule has 1 aromatic carbocycles. The van der Waals surface area contributed by atoms with Gasteiger partial charge in [-0.1, -0.05) is 18.2 Å². The predicted molar refractivity (Wildman–Crippen MR) is 99.9 cm³/mol. The average Bonchev–Trinajstić information content (AvgIpc) is 3.18. The lowest BCUT2D eigenvalue weighted by Crippen LogP contribution is -2.38. The molecule has 0 fully saturated rings. The quantitative estimate of drug-likeness (QED) is 0.386. The Morgan fingerprint density at radius 2 is 2.04 bits per heavy atom. The van der Waals surface area contributed by atoms with E-state index in [1.165, 1.54) is 0 Å². The summed E-state index contributed by atoms with van der Waals surface area (Å²) in [6.45, 7) is 1.64. The summed E-state index contributed by atoms with van der Waals surface area (Å²) in [7, 11) is 1.72. The van der Waals surface area contributed by atoms with E-state index in [1.54, 1.807) is 25.7 Å². The van der Waals surface area contributed by atoms with Gasteiger partial charge in [0.25, 0.3) is 0 Å². The Morgan fingerprint density at radius 1 is 1.15 bits per heavy atom. The Morgan fingerprint density at radius 3 is 2.81 bits per heavy atom. The number of aliphatic imine (C=N–C) groups is 1. The molecular formula is C19H21N5O2. The third kappa shape index (κ3) is 5.07. The molecular weight excluding hydrogens is 330 g/mol. The van der Waals surface area contributed by atoms with Gasteiger partial charge >= 0.3 is 0 Å². The summed E-state index contributed by atoms with van der Waals surface area (Å²) in [6.07, 6.45) is 5.04. The molecule has 2 heterocycles. The van der Waals surface area contributed by atoms with Crippen LogP contribution in [0.1, 0.15) is 5.69 Å². The van der Waals surface area contributed by atoms with Crippen LogP contribution in [0, 0.1) is 0 Å². The highest BCUT2D eigenvalue weighted by molar-refractivity contribution is 5.79. The summed E-state index contributed by atoms with van der Waals surface area (Å²) in [5, 5.41) is 6.38. The molecule has 2 N–H and O–H groups in total. The summed E-state index contributed by atoms with van der Waals surface area (Å²) in [4.78, 5) is 12.7. The highest BCUT2D eigenvalue weighted by Gasteiger charge is 2.06. The molecule has 2 aromatic heterocycles. The van der Waals surface area contributed by atoms with Gasteiger partial charge in [0, 0.05) is 18.8 Å². The standard InChI is InChI=1S/C19H21N5O2/c1-20-19(22-10-11-25-17-8-5-9-21-13-17)23-12-16-14-26-18(24-16)15-6-3-2-4-7-15/h2-9,13-14H,10-12H2,1H3,(H2,20,22,23). The van der Waals surface area contributed by atoms with Gasteiger partial charge in [-0.2, -0.15) is 0 Å². The van der Waals surface area contributed by atoms with Crippen molar-refractivity contribution in [3.05, 3.63) is 66.8 Å². The van der Waals surface area contributed by atoms with Gasteiger partial charge in [0.1, 0.15) is 18.6 Å². The van der Waals surface area contributed by atoms with Crippen molar-refractivity contribution >= 4 is 5.96 Å². The van der Waals surface area contributed by atoms with Crippen LogP contribution >= 0.6 is 0 Å². The smallest absolute Gasteiger partial charge is 0.226 e. The second-order valence-corrected chi connectivity index (χ2v) is 5.40. The number of guanidine groups is 1. The van der Waals surface area contributed by atoms with Crippen molar-refractivity contribution in [3.8, 4) is 17.2 Å². The van der Waals surface area contributed by atoms with E-state index >= 15 is 0 Å². The van der Waals surface area contributed by atoms with Crippen molar-refractivity contribution in [2.75, 3.05) is 20.2 Å². The van der Waals surface area contributed by atoms with E-state index < -0.39 is 0 Å².